The Morgan fingerprint density at radius 1 is 1.26 bits per heavy atom. The number of imide groups is 1. The zero-order valence-electron chi connectivity index (χ0n) is 12.1. The Balaban J connectivity index is 2.09. The van der Waals surface area contributed by atoms with Crippen LogP contribution in [0.3, 0.4) is 0 Å². The number of rotatable bonds is 4. The molecule has 0 saturated carbocycles. The van der Waals surface area contributed by atoms with Crippen LogP contribution in [0, 0.1) is 0 Å². The van der Waals surface area contributed by atoms with Crippen molar-refractivity contribution in [1.82, 2.24) is 15.5 Å². The van der Waals surface area contributed by atoms with Crippen LogP contribution >= 0.6 is 0 Å². The molecule has 0 spiro atoms. The molecule has 0 aliphatic carbocycles. The molecular weight excluding hydrogens is 315 g/mol. The van der Waals surface area contributed by atoms with E-state index in [0.717, 1.165) is 0 Å². The smallest absolute Gasteiger partial charge is 0.345 e. The van der Waals surface area contributed by atoms with Gasteiger partial charge in [0.05, 0.1) is 0 Å². The van der Waals surface area contributed by atoms with E-state index in [1.165, 1.54) is 6.92 Å². The summed E-state index contributed by atoms with van der Waals surface area (Å²) in [5.74, 6) is -1.76. The van der Waals surface area contributed by atoms with Gasteiger partial charge in [-0.2, -0.15) is 13.2 Å². The fraction of sp³-hybridized carbons (Fsp3) is 0.357. The van der Waals surface area contributed by atoms with Gasteiger partial charge in [0.2, 0.25) is 5.91 Å². The number of amides is 4. The number of carbonyl (C=O) groups is 3. The van der Waals surface area contributed by atoms with E-state index in [1.807, 2.05) is 0 Å². The van der Waals surface area contributed by atoms with Crippen molar-refractivity contribution in [1.29, 1.82) is 0 Å². The van der Waals surface area contributed by atoms with Crippen LogP contribution in [-0.4, -0.2) is 42.0 Å². The zero-order chi connectivity index (χ0) is 17.3. The predicted octanol–water partition coefficient (Wildman–Crippen LogP) is 1.13. The summed E-state index contributed by atoms with van der Waals surface area (Å²) in [7, 11) is 0. The summed E-state index contributed by atoms with van der Waals surface area (Å²) >= 11 is 0. The molecule has 1 saturated heterocycles. The Hall–Kier alpha value is -2.58. The van der Waals surface area contributed by atoms with Gasteiger partial charge in [-0.1, -0.05) is 30.3 Å². The van der Waals surface area contributed by atoms with Crippen molar-refractivity contribution < 1.29 is 27.6 Å². The molecule has 124 valence electrons. The summed E-state index contributed by atoms with van der Waals surface area (Å²) in [6, 6.07) is 7.52. The summed E-state index contributed by atoms with van der Waals surface area (Å²) in [6.45, 7) is -0.829. The molecule has 1 aliphatic rings. The second-order valence-electron chi connectivity index (χ2n) is 5.20. The van der Waals surface area contributed by atoms with Gasteiger partial charge in [0.1, 0.15) is 18.6 Å². The first-order valence-corrected chi connectivity index (χ1v) is 6.66. The number of alkyl halides is 3. The van der Waals surface area contributed by atoms with Crippen LogP contribution in [0.5, 0.6) is 0 Å². The molecule has 1 fully saturated rings. The highest BCUT2D eigenvalue weighted by Gasteiger charge is 2.49. The van der Waals surface area contributed by atoms with Crippen molar-refractivity contribution in [2.75, 3.05) is 13.1 Å². The zero-order valence-corrected chi connectivity index (χ0v) is 12.1. The van der Waals surface area contributed by atoms with Crippen LogP contribution in [0.15, 0.2) is 30.3 Å². The van der Waals surface area contributed by atoms with Crippen LogP contribution < -0.4 is 10.6 Å². The summed E-state index contributed by atoms with van der Waals surface area (Å²) in [6.07, 6.45) is -4.56. The Morgan fingerprint density at radius 3 is 2.43 bits per heavy atom. The molecule has 4 amide bonds. The first kappa shape index (κ1) is 16.8. The fourth-order valence-corrected chi connectivity index (χ4v) is 2.21. The molecule has 9 heteroatoms. The SMILES string of the molecule is C[C@]1(c2ccccc2)NC(=O)N(CC(=O)NCC(F)(F)F)C1=O. The molecule has 0 aromatic heterocycles. The molecule has 0 bridgehead atoms. The van der Waals surface area contributed by atoms with E-state index in [-0.39, 0.29) is 0 Å². The highest BCUT2D eigenvalue weighted by atomic mass is 19.4. The molecule has 1 heterocycles. The quantitative estimate of drug-likeness (QED) is 0.813. The lowest BCUT2D eigenvalue weighted by Crippen LogP contribution is -2.44. The lowest BCUT2D eigenvalue weighted by molar-refractivity contribution is -0.141. The Bertz CT molecular complexity index is 633. The predicted molar refractivity (Wildman–Crippen MR) is 73.1 cm³/mol. The van der Waals surface area contributed by atoms with Gasteiger partial charge in [-0.05, 0) is 12.5 Å². The molecule has 2 N–H and O–H groups in total. The van der Waals surface area contributed by atoms with Gasteiger partial charge in [-0.15, -0.1) is 0 Å². The van der Waals surface area contributed by atoms with Crippen LogP contribution in [-0.2, 0) is 15.1 Å². The van der Waals surface area contributed by atoms with Crippen LogP contribution in [0.1, 0.15) is 12.5 Å². The molecule has 1 aliphatic heterocycles. The maximum atomic E-state index is 12.4. The van der Waals surface area contributed by atoms with Crippen LogP contribution in [0.2, 0.25) is 0 Å². The van der Waals surface area contributed by atoms with E-state index in [2.05, 4.69) is 5.32 Å². The second kappa shape index (κ2) is 5.90. The van der Waals surface area contributed by atoms with Crippen LogP contribution in [0.25, 0.3) is 0 Å². The van der Waals surface area contributed by atoms with Gasteiger partial charge < -0.3 is 10.6 Å². The number of carbonyl (C=O) groups excluding carboxylic acids is 3. The summed E-state index contributed by atoms with van der Waals surface area (Å²) in [4.78, 5) is 36.4. The topological polar surface area (TPSA) is 78.5 Å². The highest BCUT2D eigenvalue weighted by Crippen LogP contribution is 2.28. The third-order valence-electron chi connectivity index (χ3n) is 3.41. The molecule has 1 aromatic carbocycles. The second-order valence-corrected chi connectivity index (χ2v) is 5.20. The van der Waals surface area contributed by atoms with Gasteiger partial charge in [-0.25, -0.2) is 4.79 Å². The molecule has 1 aromatic rings. The number of nitrogens with one attached hydrogen (secondary N) is 2. The van der Waals surface area contributed by atoms with Gasteiger partial charge in [0.25, 0.3) is 5.91 Å². The van der Waals surface area contributed by atoms with E-state index in [9.17, 15) is 27.6 Å². The summed E-state index contributed by atoms with van der Waals surface area (Å²) in [5, 5.41) is 4.08. The molecule has 6 nitrogen and oxygen atoms in total. The Kier molecular flexibility index (Phi) is 4.31. The van der Waals surface area contributed by atoms with E-state index < -0.39 is 42.7 Å². The third kappa shape index (κ3) is 3.61. The van der Waals surface area contributed by atoms with E-state index in [4.69, 9.17) is 0 Å². The van der Waals surface area contributed by atoms with E-state index in [0.29, 0.717) is 10.5 Å². The fourth-order valence-electron chi connectivity index (χ4n) is 2.21. The number of nitrogens with zero attached hydrogens (tertiary/aromatic N) is 1. The van der Waals surface area contributed by atoms with Gasteiger partial charge >= 0.3 is 12.2 Å². The Morgan fingerprint density at radius 2 is 1.87 bits per heavy atom. The largest absolute Gasteiger partial charge is 0.405 e. The standard InChI is InChI=1S/C14H14F3N3O3/c1-13(9-5-3-2-4-6-9)11(22)20(12(23)19-13)7-10(21)18-8-14(15,16)17/h2-6H,7-8H2,1H3,(H,18,21)(H,19,23)/t13-/m1/s1. The van der Waals surface area contributed by atoms with Crippen molar-refractivity contribution in [3.63, 3.8) is 0 Å². The highest BCUT2D eigenvalue weighted by molar-refractivity contribution is 6.09. The molecule has 0 radical (unpaired) electrons. The van der Waals surface area contributed by atoms with E-state index in [1.54, 1.807) is 35.6 Å². The normalized spacial score (nSPS) is 21.3. The van der Waals surface area contributed by atoms with Gasteiger partial charge in [0.15, 0.2) is 0 Å². The first-order chi connectivity index (χ1) is 10.6. The van der Waals surface area contributed by atoms with Gasteiger partial charge in [0, 0.05) is 0 Å². The monoisotopic (exact) mass is 329 g/mol. The van der Waals surface area contributed by atoms with Crippen LogP contribution in [0.4, 0.5) is 18.0 Å². The number of halogens is 3. The molecule has 2 rings (SSSR count). The Labute approximate surface area is 129 Å². The first-order valence-electron chi connectivity index (χ1n) is 6.66. The lowest BCUT2D eigenvalue weighted by Gasteiger charge is -2.22. The number of hydrogen-bond acceptors (Lipinski definition) is 3. The average Bonchev–Trinajstić information content (AvgIpc) is 2.70. The maximum absolute atomic E-state index is 12.4. The van der Waals surface area contributed by atoms with Crippen molar-refractivity contribution in [3.05, 3.63) is 35.9 Å². The van der Waals surface area contributed by atoms with Crippen molar-refractivity contribution in [2.45, 2.75) is 18.6 Å². The third-order valence-corrected chi connectivity index (χ3v) is 3.41. The summed E-state index contributed by atoms with van der Waals surface area (Å²) < 4.78 is 36.2. The minimum atomic E-state index is -4.56. The van der Waals surface area contributed by atoms with E-state index >= 15 is 0 Å². The number of hydrogen-bond donors (Lipinski definition) is 2. The number of benzene rings is 1. The molecule has 23 heavy (non-hydrogen) atoms. The molecule has 1 atom stereocenters. The molecular formula is C14H14F3N3O3. The van der Waals surface area contributed by atoms with Gasteiger partial charge in [-0.3, -0.25) is 14.5 Å². The van der Waals surface area contributed by atoms with Crippen molar-refractivity contribution in [2.24, 2.45) is 0 Å². The average molecular weight is 329 g/mol. The van der Waals surface area contributed by atoms with Crippen molar-refractivity contribution >= 4 is 17.8 Å². The molecule has 0 unspecified atom stereocenters. The number of urea groups is 1. The lowest BCUT2D eigenvalue weighted by atomic mass is 9.92. The maximum Gasteiger partial charge on any atom is 0.405 e. The summed E-state index contributed by atoms with van der Waals surface area (Å²) in [5.41, 5.74) is -0.848. The minimum Gasteiger partial charge on any atom is -0.345 e. The van der Waals surface area contributed by atoms with Crippen molar-refractivity contribution in [3.8, 4) is 0 Å². The minimum absolute atomic E-state index is 0.511.